The van der Waals surface area contributed by atoms with Crippen LogP contribution in [-0.4, -0.2) is 31.6 Å². The fourth-order valence-corrected chi connectivity index (χ4v) is 2.62. The molecule has 0 aliphatic rings. The lowest BCUT2D eigenvalue weighted by atomic mass is 10.1. The van der Waals surface area contributed by atoms with Gasteiger partial charge in [0.05, 0.1) is 13.3 Å². The number of sulfone groups is 1. The van der Waals surface area contributed by atoms with Crippen molar-refractivity contribution in [2.24, 2.45) is 7.05 Å². The lowest BCUT2D eigenvalue weighted by Gasteiger charge is -2.11. The number of hydrogen-bond donors (Lipinski definition) is 1. The SMILES string of the molecule is COc1c(-c2cnn(C)c2N)ccc(S(C)(=O)=O)c1F. The van der Waals surface area contributed by atoms with Gasteiger partial charge in [-0.1, -0.05) is 0 Å². The summed E-state index contributed by atoms with van der Waals surface area (Å²) in [5.74, 6) is -0.779. The van der Waals surface area contributed by atoms with Crippen LogP contribution in [0.2, 0.25) is 0 Å². The van der Waals surface area contributed by atoms with E-state index in [1.165, 1.54) is 30.1 Å². The van der Waals surface area contributed by atoms with Gasteiger partial charge in [-0.3, -0.25) is 4.68 Å². The van der Waals surface area contributed by atoms with E-state index < -0.39 is 20.5 Å². The molecule has 0 unspecified atom stereocenters. The topological polar surface area (TPSA) is 87.2 Å². The van der Waals surface area contributed by atoms with Crippen LogP contribution in [0.3, 0.4) is 0 Å². The summed E-state index contributed by atoms with van der Waals surface area (Å²) in [6.07, 6.45) is 2.40. The first-order valence-electron chi connectivity index (χ1n) is 5.61. The molecule has 0 atom stereocenters. The molecule has 0 fully saturated rings. The van der Waals surface area contributed by atoms with Gasteiger partial charge in [0, 0.05) is 24.4 Å². The van der Waals surface area contributed by atoms with E-state index >= 15 is 0 Å². The normalized spacial score (nSPS) is 11.6. The highest BCUT2D eigenvalue weighted by Crippen LogP contribution is 2.37. The number of hydrogen-bond acceptors (Lipinski definition) is 5. The summed E-state index contributed by atoms with van der Waals surface area (Å²) in [4.78, 5) is -0.416. The molecule has 2 aromatic rings. The van der Waals surface area contributed by atoms with E-state index in [9.17, 15) is 12.8 Å². The van der Waals surface area contributed by atoms with E-state index in [0.717, 1.165) is 6.26 Å². The molecule has 2 N–H and O–H groups in total. The molecule has 0 aliphatic heterocycles. The summed E-state index contributed by atoms with van der Waals surface area (Å²) in [6, 6.07) is 2.64. The van der Waals surface area contributed by atoms with Gasteiger partial charge in [0.1, 0.15) is 10.7 Å². The van der Waals surface area contributed by atoms with Crippen LogP contribution in [-0.2, 0) is 16.9 Å². The van der Waals surface area contributed by atoms with Crippen molar-refractivity contribution >= 4 is 15.7 Å². The summed E-state index contributed by atoms with van der Waals surface area (Å²) >= 11 is 0. The highest BCUT2D eigenvalue weighted by molar-refractivity contribution is 7.90. The number of aryl methyl sites for hydroxylation is 1. The van der Waals surface area contributed by atoms with Crippen molar-refractivity contribution in [3.8, 4) is 16.9 Å². The lowest BCUT2D eigenvalue weighted by molar-refractivity contribution is 0.382. The summed E-state index contributed by atoms with van der Waals surface area (Å²) < 4.78 is 43.7. The average molecular weight is 299 g/mol. The van der Waals surface area contributed by atoms with E-state index in [-0.39, 0.29) is 5.75 Å². The van der Waals surface area contributed by atoms with Crippen LogP contribution < -0.4 is 10.5 Å². The number of nitrogens with zero attached hydrogens (tertiary/aromatic N) is 2. The first kappa shape index (κ1) is 14.3. The molecule has 1 aromatic heterocycles. The quantitative estimate of drug-likeness (QED) is 0.920. The van der Waals surface area contributed by atoms with Crippen LogP contribution >= 0.6 is 0 Å². The highest BCUT2D eigenvalue weighted by Gasteiger charge is 2.23. The number of methoxy groups -OCH3 is 1. The molecular weight excluding hydrogens is 285 g/mol. The summed E-state index contributed by atoms with van der Waals surface area (Å²) in [6.45, 7) is 0. The Labute approximate surface area is 115 Å². The Morgan fingerprint density at radius 3 is 2.45 bits per heavy atom. The molecule has 108 valence electrons. The molecule has 8 heteroatoms. The zero-order valence-corrected chi connectivity index (χ0v) is 12.0. The van der Waals surface area contributed by atoms with Gasteiger partial charge < -0.3 is 10.5 Å². The molecule has 0 aliphatic carbocycles. The lowest BCUT2D eigenvalue weighted by Crippen LogP contribution is -2.04. The van der Waals surface area contributed by atoms with E-state index in [1.807, 2.05) is 0 Å². The van der Waals surface area contributed by atoms with Gasteiger partial charge in [-0.2, -0.15) is 5.10 Å². The van der Waals surface area contributed by atoms with Gasteiger partial charge in [-0.05, 0) is 12.1 Å². The maximum absolute atomic E-state index is 14.3. The number of nitrogen functional groups attached to an aromatic ring is 1. The van der Waals surface area contributed by atoms with Gasteiger partial charge in [0.25, 0.3) is 0 Å². The number of anilines is 1. The Bertz CT molecular complexity index is 768. The second kappa shape index (κ2) is 4.78. The minimum atomic E-state index is -3.68. The van der Waals surface area contributed by atoms with E-state index in [1.54, 1.807) is 7.05 Å². The van der Waals surface area contributed by atoms with Crippen LogP contribution in [0.15, 0.2) is 23.2 Å². The second-order valence-electron chi connectivity index (χ2n) is 4.30. The number of halogens is 1. The molecule has 0 saturated heterocycles. The summed E-state index contributed by atoms with van der Waals surface area (Å²) in [5.41, 5.74) is 6.66. The van der Waals surface area contributed by atoms with E-state index in [2.05, 4.69) is 5.10 Å². The van der Waals surface area contributed by atoms with Crippen LogP contribution in [0.5, 0.6) is 5.75 Å². The smallest absolute Gasteiger partial charge is 0.184 e. The predicted molar refractivity (Wildman–Crippen MR) is 72.7 cm³/mol. The minimum Gasteiger partial charge on any atom is -0.493 e. The van der Waals surface area contributed by atoms with Crippen molar-refractivity contribution < 1.29 is 17.5 Å². The van der Waals surface area contributed by atoms with Crippen molar-refractivity contribution in [1.82, 2.24) is 9.78 Å². The number of nitrogens with two attached hydrogens (primary N) is 1. The van der Waals surface area contributed by atoms with Gasteiger partial charge in [0.2, 0.25) is 0 Å². The van der Waals surface area contributed by atoms with E-state index in [0.29, 0.717) is 16.9 Å². The van der Waals surface area contributed by atoms with Gasteiger partial charge in [-0.15, -0.1) is 0 Å². The third-order valence-corrected chi connectivity index (χ3v) is 4.05. The molecule has 1 heterocycles. The Morgan fingerprint density at radius 1 is 1.35 bits per heavy atom. The van der Waals surface area contributed by atoms with Crippen LogP contribution in [0.1, 0.15) is 0 Å². The maximum atomic E-state index is 14.3. The molecule has 0 radical (unpaired) electrons. The Hall–Kier alpha value is -2.09. The Kier molecular flexibility index (Phi) is 3.43. The molecule has 2 rings (SSSR count). The van der Waals surface area contributed by atoms with Crippen molar-refractivity contribution in [3.05, 3.63) is 24.1 Å². The van der Waals surface area contributed by atoms with Crippen LogP contribution in [0.25, 0.3) is 11.1 Å². The molecule has 0 spiro atoms. The van der Waals surface area contributed by atoms with Gasteiger partial charge in [0.15, 0.2) is 21.4 Å². The highest BCUT2D eigenvalue weighted by atomic mass is 32.2. The van der Waals surface area contributed by atoms with E-state index in [4.69, 9.17) is 10.5 Å². The second-order valence-corrected chi connectivity index (χ2v) is 6.28. The summed E-state index contributed by atoms with van der Waals surface area (Å²) in [5, 5.41) is 3.96. The van der Waals surface area contributed by atoms with Crippen LogP contribution in [0, 0.1) is 5.82 Å². The Balaban J connectivity index is 2.74. The number of benzene rings is 1. The zero-order chi connectivity index (χ0) is 15.1. The standard InChI is InChI=1S/C12H14FN3O3S/c1-16-12(14)8(6-15-16)7-4-5-9(20(3,17)18)10(13)11(7)19-2/h4-6H,14H2,1-3H3. The number of aromatic nitrogens is 2. The maximum Gasteiger partial charge on any atom is 0.184 e. The van der Waals surface area contributed by atoms with Crippen molar-refractivity contribution in [2.75, 3.05) is 19.1 Å². The molecule has 0 bridgehead atoms. The third-order valence-electron chi connectivity index (χ3n) is 2.94. The fourth-order valence-electron chi connectivity index (χ4n) is 1.89. The van der Waals surface area contributed by atoms with Gasteiger partial charge in [-0.25, -0.2) is 12.8 Å². The molecular formula is C12H14FN3O3S. The first-order valence-corrected chi connectivity index (χ1v) is 7.51. The molecule has 1 aromatic carbocycles. The number of rotatable bonds is 3. The predicted octanol–water partition coefficient (Wildman–Crippen LogP) is 1.22. The molecule has 0 amide bonds. The minimum absolute atomic E-state index is 0.173. The third kappa shape index (κ3) is 2.22. The first-order chi connectivity index (χ1) is 9.27. The molecule has 6 nitrogen and oxygen atoms in total. The monoisotopic (exact) mass is 299 g/mol. The average Bonchev–Trinajstić information content (AvgIpc) is 2.68. The van der Waals surface area contributed by atoms with Crippen molar-refractivity contribution in [3.63, 3.8) is 0 Å². The van der Waals surface area contributed by atoms with Crippen LogP contribution in [0.4, 0.5) is 10.2 Å². The number of ether oxygens (including phenoxy) is 1. The van der Waals surface area contributed by atoms with Gasteiger partial charge >= 0.3 is 0 Å². The molecule has 0 saturated carbocycles. The summed E-state index contributed by atoms with van der Waals surface area (Å²) in [7, 11) is -0.767. The Morgan fingerprint density at radius 2 is 2.00 bits per heavy atom. The zero-order valence-electron chi connectivity index (χ0n) is 11.2. The largest absolute Gasteiger partial charge is 0.493 e. The van der Waals surface area contributed by atoms with Crippen molar-refractivity contribution in [1.29, 1.82) is 0 Å². The van der Waals surface area contributed by atoms with Crippen molar-refractivity contribution in [2.45, 2.75) is 4.90 Å². The fraction of sp³-hybridized carbons (Fsp3) is 0.250. The molecule has 20 heavy (non-hydrogen) atoms.